The molecule has 3 aromatic rings. The van der Waals surface area contributed by atoms with Crippen molar-refractivity contribution in [1.29, 1.82) is 0 Å². The van der Waals surface area contributed by atoms with Gasteiger partial charge in [-0.15, -0.1) is 12.4 Å². The molecule has 0 spiro atoms. The fourth-order valence-corrected chi connectivity index (χ4v) is 3.40. The highest BCUT2D eigenvalue weighted by atomic mass is 35.5. The zero-order valence-electron chi connectivity index (χ0n) is 14.0. The minimum atomic E-state index is 0. The van der Waals surface area contributed by atoms with Gasteiger partial charge in [-0.2, -0.15) is 0 Å². The van der Waals surface area contributed by atoms with Crippen LogP contribution in [-0.2, 0) is 0 Å². The maximum Gasteiger partial charge on any atom is 0.253 e. The predicted molar refractivity (Wildman–Crippen MR) is 105 cm³/mol. The van der Waals surface area contributed by atoms with E-state index in [2.05, 4.69) is 4.98 Å². The first kappa shape index (κ1) is 18.5. The maximum absolute atomic E-state index is 12.6. The predicted octanol–water partition coefficient (Wildman–Crippen LogP) is 4.51. The van der Waals surface area contributed by atoms with Gasteiger partial charge in [0, 0.05) is 35.3 Å². The van der Waals surface area contributed by atoms with Crippen molar-refractivity contribution in [2.75, 3.05) is 18.8 Å². The number of nitrogen functional groups attached to an aromatic ring is 1. The van der Waals surface area contributed by atoms with E-state index in [4.69, 9.17) is 21.8 Å². The molecule has 1 saturated heterocycles. The molecular formula is C19H19Cl2N3O2. The molecule has 2 heterocycles. The third kappa shape index (κ3) is 3.64. The largest absolute Gasteiger partial charge is 0.440 e. The van der Waals surface area contributed by atoms with Crippen LogP contribution in [0.15, 0.2) is 46.9 Å². The second-order valence-corrected chi connectivity index (χ2v) is 6.79. The summed E-state index contributed by atoms with van der Waals surface area (Å²) in [5.41, 5.74) is 8.54. The van der Waals surface area contributed by atoms with E-state index >= 15 is 0 Å². The van der Waals surface area contributed by atoms with E-state index in [0.717, 1.165) is 29.8 Å². The lowest BCUT2D eigenvalue weighted by Crippen LogP contribution is -2.37. The van der Waals surface area contributed by atoms with Gasteiger partial charge in [0.25, 0.3) is 5.91 Å². The summed E-state index contributed by atoms with van der Waals surface area (Å²) < 4.78 is 5.87. The second kappa shape index (κ2) is 7.56. The third-order valence-electron chi connectivity index (χ3n) is 4.66. The van der Waals surface area contributed by atoms with E-state index in [1.54, 1.807) is 30.3 Å². The SMILES string of the molecule is Cl.Nc1ccc(C(=O)N2CCC(c3nc4cc(Cl)ccc4o3)CC2)cc1. The van der Waals surface area contributed by atoms with Crippen molar-refractivity contribution in [1.82, 2.24) is 9.88 Å². The van der Waals surface area contributed by atoms with Crippen LogP contribution in [0.4, 0.5) is 5.69 Å². The number of carbonyl (C=O) groups excluding carboxylic acids is 1. The molecule has 0 unspecified atom stereocenters. The van der Waals surface area contributed by atoms with E-state index in [9.17, 15) is 4.79 Å². The van der Waals surface area contributed by atoms with Gasteiger partial charge in [-0.1, -0.05) is 11.6 Å². The third-order valence-corrected chi connectivity index (χ3v) is 4.89. The number of carbonyl (C=O) groups is 1. The Bertz CT molecular complexity index is 916. The highest BCUT2D eigenvalue weighted by Gasteiger charge is 2.27. The summed E-state index contributed by atoms with van der Waals surface area (Å²) in [4.78, 5) is 19.0. The summed E-state index contributed by atoms with van der Waals surface area (Å²) >= 11 is 6.00. The van der Waals surface area contributed by atoms with Gasteiger partial charge in [-0.3, -0.25) is 4.79 Å². The Kier molecular flexibility index (Phi) is 5.39. The molecule has 0 aliphatic carbocycles. The Morgan fingerprint density at radius 2 is 1.85 bits per heavy atom. The molecule has 2 N–H and O–H groups in total. The zero-order chi connectivity index (χ0) is 17.4. The topological polar surface area (TPSA) is 72.4 Å². The minimum absolute atomic E-state index is 0. The van der Waals surface area contributed by atoms with Crippen LogP contribution in [0.5, 0.6) is 0 Å². The van der Waals surface area contributed by atoms with Crippen LogP contribution in [0.2, 0.25) is 5.02 Å². The van der Waals surface area contributed by atoms with E-state index in [1.165, 1.54) is 0 Å². The van der Waals surface area contributed by atoms with E-state index in [-0.39, 0.29) is 24.2 Å². The van der Waals surface area contributed by atoms with Crippen molar-refractivity contribution in [3.63, 3.8) is 0 Å². The monoisotopic (exact) mass is 391 g/mol. The highest BCUT2D eigenvalue weighted by molar-refractivity contribution is 6.31. The number of nitrogens with two attached hydrogens (primary N) is 1. The first-order chi connectivity index (χ1) is 12.1. The average Bonchev–Trinajstić information content (AvgIpc) is 3.05. The summed E-state index contributed by atoms with van der Waals surface area (Å²) in [5.74, 6) is 1.00. The van der Waals surface area contributed by atoms with Crippen LogP contribution >= 0.6 is 24.0 Å². The van der Waals surface area contributed by atoms with Crippen LogP contribution in [0, 0.1) is 0 Å². The Hall–Kier alpha value is -2.24. The second-order valence-electron chi connectivity index (χ2n) is 6.35. The van der Waals surface area contributed by atoms with Crippen LogP contribution in [0.3, 0.4) is 0 Å². The molecule has 1 aromatic heterocycles. The number of rotatable bonds is 2. The van der Waals surface area contributed by atoms with Gasteiger partial charge < -0.3 is 15.1 Å². The number of anilines is 1. The number of oxazole rings is 1. The smallest absolute Gasteiger partial charge is 0.253 e. The zero-order valence-corrected chi connectivity index (χ0v) is 15.6. The Morgan fingerprint density at radius 1 is 1.15 bits per heavy atom. The van der Waals surface area contributed by atoms with E-state index in [0.29, 0.717) is 29.4 Å². The standard InChI is InChI=1S/C19H18ClN3O2.ClH/c20-14-3-6-17-16(11-14)22-18(25-17)12-7-9-23(10-8-12)19(24)13-1-4-15(21)5-2-13;/h1-6,11-12H,7-10,21H2;1H. The molecule has 0 bridgehead atoms. The van der Waals surface area contributed by atoms with Gasteiger partial charge in [-0.05, 0) is 55.3 Å². The number of piperidine rings is 1. The van der Waals surface area contributed by atoms with Crippen LogP contribution in [-0.4, -0.2) is 28.9 Å². The minimum Gasteiger partial charge on any atom is -0.440 e. The summed E-state index contributed by atoms with van der Waals surface area (Å²) in [6.07, 6.45) is 1.67. The summed E-state index contributed by atoms with van der Waals surface area (Å²) in [5, 5.41) is 0.649. The number of likely N-dealkylation sites (tertiary alicyclic amines) is 1. The number of fused-ring (bicyclic) bond motifs is 1. The average molecular weight is 392 g/mol. The molecule has 1 aliphatic rings. The molecular weight excluding hydrogens is 373 g/mol. The van der Waals surface area contributed by atoms with Crippen LogP contribution < -0.4 is 5.73 Å². The number of nitrogens with zero attached hydrogens (tertiary/aromatic N) is 2. The number of hydrogen-bond acceptors (Lipinski definition) is 4. The molecule has 5 nitrogen and oxygen atoms in total. The highest BCUT2D eigenvalue weighted by Crippen LogP contribution is 2.31. The van der Waals surface area contributed by atoms with Crippen molar-refractivity contribution in [3.05, 3.63) is 58.9 Å². The Balaban J connectivity index is 0.00000196. The molecule has 136 valence electrons. The molecule has 1 aliphatic heterocycles. The first-order valence-corrected chi connectivity index (χ1v) is 8.69. The quantitative estimate of drug-likeness (QED) is 0.652. The molecule has 7 heteroatoms. The molecule has 0 saturated carbocycles. The van der Waals surface area contributed by atoms with Crippen LogP contribution in [0.1, 0.15) is 35.0 Å². The first-order valence-electron chi connectivity index (χ1n) is 8.31. The summed E-state index contributed by atoms with van der Waals surface area (Å²) in [7, 11) is 0. The number of amides is 1. The Morgan fingerprint density at radius 3 is 2.54 bits per heavy atom. The number of halogens is 2. The molecule has 4 rings (SSSR count). The number of aromatic nitrogens is 1. The maximum atomic E-state index is 12.6. The fourth-order valence-electron chi connectivity index (χ4n) is 3.23. The molecule has 0 atom stereocenters. The van der Waals surface area contributed by atoms with E-state index in [1.807, 2.05) is 17.0 Å². The van der Waals surface area contributed by atoms with Gasteiger partial charge in [-0.25, -0.2) is 4.98 Å². The fraction of sp³-hybridized carbons (Fsp3) is 0.263. The van der Waals surface area contributed by atoms with Gasteiger partial charge in [0.1, 0.15) is 5.52 Å². The molecule has 1 fully saturated rings. The summed E-state index contributed by atoms with van der Waals surface area (Å²) in [6, 6.07) is 12.5. The van der Waals surface area contributed by atoms with E-state index < -0.39 is 0 Å². The van der Waals surface area contributed by atoms with Crippen molar-refractivity contribution in [2.24, 2.45) is 0 Å². The van der Waals surface area contributed by atoms with Crippen molar-refractivity contribution in [2.45, 2.75) is 18.8 Å². The lowest BCUT2D eigenvalue weighted by molar-refractivity contribution is 0.0707. The lowest BCUT2D eigenvalue weighted by Gasteiger charge is -2.30. The molecule has 0 radical (unpaired) electrons. The lowest BCUT2D eigenvalue weighted by atomic mass is 9.96. The van der Waals surface area contributed by atoms with Gasteiger partial charge in [0.2, 0.25) is 0 Å². The normalized spacial score (nSPS) is 15.0. The van der Waals surface area contributed by atoms with Gasteiger partial charge >= 0.3 is 0 Å². The Labute approximate surface area is 162 Å². The van der Waals surface area contributed by atoms with Crippen molar-refractivity contribution in [3.8, 4) is 0 Å². The number of benzene rings is 2. The molecule has 1 amide bonds. The van der Waals surface area contributed by atoms with Crippen molar-refractivity contribution >= 4 is 46.7 Å². The molecule has 2 aromatic carbocycles. The van der Waals surface area contributed by atoms with Gasteiger partial charge in [0.05, 0.1) is 0 Å². The summed E-state index contributed by atoms with van der Waals surface area (Å²) in [6.45, 7) is 1.38. The van der Waals surface area contributed by atoms with Gasteiger partial charge in [0.15, 0.2) is 11.5 Å². The molecule has 26 heavy (non-hydrogen) atoms. The van der Waals surface area contributed by atoms with Crippen molar-refractivity contribution < 1.29 is 9.21 Å². The number of hydrogen-bond donors (Lipinski definition) is 1. The van der Waals surface area contributed by atoms with Crippen LogP contribution in [0.25, 0.3) is 11.1 Å².